The van der Waals surface area contributed by atoms with Gasteiger partial charge in [-0.1, -0.05) is 30.3 Å². The topological polar surface area (TPSA) is 61.2 Å². The second-order valence-corrected chi connectivity index (χ2v) is 8.77. The molecule has 0 bridgehead atoms. The minimum atomic E-state index is -0.324. The molecule has 2 heterocycles. The summed E-state index contributed by atoms with van der Waals surface area (Å²) in [6, 6.07) is 9.98. The molecule has 7 heteroatoms. The maximum absolute atomic E-state index is 12.9. The van der Waals surface area contributed by atoms with Crippen LogP contribution < -0.4 is 5.69 Å². The zero-order valence-electron chi connectivity index (χ0n) is 15.8. The van der Waals surface area contributed by atoms with Crippen molar-refractivity contribution in [3.8, 4) is 0 Å². The summed E-state index contributed by atoms with van der Waals surface area (Å²) in [4.78, 5) is 31.4. The number of nitrogens with zero attached hydrogens (tertiary/aromatic N) is 2. The molecule has 0 saturated heterocycles. The highest BCUT2D eigenvalue weighted by Gasteiger charge is 2.23. The average Bonchev–Trinajstić information content (AvgIpc) is 3.09. The Morgan fingerprint density at radius 1 is 1.25 bits per heavy atom. The highest BCUT2D eigenvalue weighted by Crippen LogP contribution is 2.38. The van der Waals surface area contributed by atoms with E-state index in [0.29, 0.717) is 24.6 Å². The monoisotopic (exact) mass is 414 g/mol. The molecule has 0 N–H and O–H groups in total. The fraction of sp³-hybridized carbons (Fsp3) is 0.381. The van der Waals surface area contributed by atoms with Gasteiger partial charge in [-0.2, -0.15) is 4.98 Å². The zero-order valence-corrected chi connectivity index (χ0v) is 17.4. The standard InChI is InChI=1S/C21H22N2O3S2/c1-2-26-21(25)27-13-16-18-15-10-6-7-11-17(15)28-19(18)23(20(24)22-16)12-14-8-4-3-5-9-14/h3-5,8-9H,2,6-7,10-13H2,1H3. The number of hydrogen-bond donors (Lipinski definition) is 0. The molecule has 2 aromatic heterocycles. The molecule has 0 unspecified atom stereocenters. The van der Waals surface area contributed by atoms with E-state index in [-0.39, 0.29) is 11.0 Å². The molecule has 28 heavy (non-hydrogen) atoms. The van der Waals surface area contributed by atoms with Crippen molar-refractivity contribution in [1.29, 1.82) is 0 Å². The quantitative estimate of drug-likeness (QED) is 0.563. The first-order chi connectivity index (χ1) is 13.7. The van der Waals surface area contributed by atoms with E-state index in [1.807, 2.05) is 30.3 Å². The summed E-state index contributed by atoms with van der Waals surface area (Å²) in [5, 5.41) is 0.752. The lowest BCUT2D eigenvalue weighted by atomic mass is 9.96. The molecule has 0 radical (unpaired) electrons. The molecule has 3 aromatic rings. The normalized spacial score (nSPS) is 13.5. The van der Waals surface area contributed by atoms with Gasteiger partial charge in [-0.25, -0.2) is 9.59 Å². The third kappa shape index (κ3) is 3.86. The van der Waals surface area contributed by atoms with Crippen LogP contribution in [0, 0.1) is 0 Å². The average molecular weight is 415 g/mol. The summed E-state index contributed by atoms with van der Waals surface area (Å²) in [5.74, 6) is 0.361. The van der Waals surface area contributed by atoms with Crippen molar-refractivity contribution in [2.75, 3.05) is 6.61 Å². The van der Waals surface area contributed by atoms with Crippen molar-refractivity contribution in [2.45, 2.75) is 44.9 Å². The number of carbonyl (C=O) groups is 1. The van der Waals surface area contributed by atoms with Gasteiger partial charge in [0.05, 0.1) is 18.8 Å². The highest BCUT2D eigenvalue weighted by molar-refractivity contribution is 8.12. The predicted molar refractivity (Wildman–Crippen MR) is 114 cm³/mol. The number of fused-ring (bicyclic) bond motifs is 3. The van der Waals surface area contributed by atoms with Crippen LogP contribution in [0.5, 0.6) is 0 Å². The number of thiophene rings is 1. The maximum Gasteiger partial charge on any atom is 0.367 e. The minimum Gasteiger partial charge on any atom is -0.458 e. The first kappa shape index (κ1) is 19.2. The predicted octanol–water partition coefficient (Wildman–Crippen LogP) is 4.77. The summed E-state index contributed by atoms with van der Waals surface area (Å²) in [5.41, 5.74) is 2.85. The van der Waals surface area contributed by atoms with Crippen molar-refractivity contribution < 1.29 is 9.53 Å². The second-order valence-electron chi connectivity index (χ2n) is 6.78. The SMILES string of the molecule is CCOC(=O)SCc1nc(=O)n(Cc2ccccc2)c2sc3c(c12)CCCC3. The van der Waals surface area contributed by atoms with Gasteiger partial charge >= 0.3 is 11.0 Å². The van der Waals surface area contributed by atoms with E-state index in [0.717, 1.165) is 46.8 Å². The Morgan fingerprint density at radius 3 is 2.82 bits per heavy atom. The van der Waals surface area contributed by atoms with E-state index >= 15 is 0 Å². The van der Waals surface area contributed by atoms with E-state index in [4.69, 9.17) is 4.74 Å². The van der Waals surface area contributed by atoms with Crippen LogP contribution in [0.1, 0.15) is 41.5 Å². The van der Waals surface area contributed by atoms with Crippen LogP contribution in [0.25, 0.3) is 10.2 Å². The number of ether oxygens (including phenoxy) is 1. The van der Waals surface area contributed by atoms with Crippen molar-refractivity contribution in [3.05, 3.63) is 62.5 Å². The lowest BCUT2D eigenvalue weighted by Gasteiger charge is -2.13. The van der Waals surface area contributed by atoms with Gasteiger partial charge in [-0.15, -0.1) is 11.3 Å². The van der Waals surface area contributed by atoms with Crippen LogP contribution in [-0.2, 0) is 29.9 Å². The Labute approximate surface area is 171 Å². The fourth-order valence-corrected chi connectivity index (χ4v) is 5.72. The van der Waals surface area contributed by atoms with Gasteiger partial charge in [0, 0.05) is 16.0 Å². The van der Waals surface area contributed by atoms with Gasteiger partial charge in [0.15, 0.2) is 0 Å². The highest BCUT2D eigenvalue weighted by atomic mass is 32.2. The Hall–Kier alpha value is -2.12. The van der Waals surface area contributed by atoms with Gasteiger partial charge in [-0.05, 0) is 55.5 Å². The smallest absolute Gasteiger partial charge is 0.367 e. The number of thioether (sulfide) groups is 1. The van der Waals surface area contributed by atoms with Crippen LogP contribution >= 0.6 is 23.1 Å². The Balaban J connectivity index is 1.80. The summed E-state index contributed by atoms with van der Waals surface area (Å²) in [6.07, 6.45) is 4.40. The van der Waals surface area contributed by atoms with Gasteiger partial charge in [0.2, 0.25) is 0 Å². The van der Waals surface area contributed by atoms with Gasteiger partial charge in [-0.3, -0.25) is 4.57 Å². The van der Waals surface area contributed by atoms with Crippen molar-refractivity contribution in [2.24, 2.45) is 0 Å². The van der Waals surface area contributed by atoms with Crippen LogP contribution in [0.4, 0.5) is 4.79 Å². The van der Waals surface area contributed by atoms with E-state index < -0.39 is 0 Å². The van der Waals surface area contributed by atoms with Crippen molar-refractivity contribution >= 4 is 38.6 Å². The van der Waals surface area contributed by atoms with Crippen molar-refractivity contribution in [1.82, 2.24) is 9.55 Å². The van der Waals surface area contributed by atoms with E-state index in [1.54, 1.807) is 22.8 Å². The van der Waals surface area contributed by atoms with Gasteiger partial charge < -0.3 is 4.74 Å². The zero-order chi connectivity index (χ0) is 19.5. The van der Waals surface area contributed by atoms with E-state index in [9.17, 15) is 9.59 Å². The molecule has 1 aliphatic rings. The fourth-order valence-electron chi connectivity index (χ4n) is 3.65. The first-order valence-electron chi connectivity index (χ1n) is 9.54. The molecule has 0 amide bonds. The molecule has 1 aliphatic carbocycles. The maximum atomic E-state index is 12.9. The lowest BCUT2D eigenvalue weighted by molar-refractivity contribution is 0.181. The third-order valence-corrected chi connectivity index (χ3v) is 7.01. The van der Waals surface area contributed by atoms with Crippen LogP contribution in [-0.4, -0.2) is 21.5 Å². The molecule has 4 rings (SSSR count). The largest absolute Gasteiger partial charge is 0.458 e. The summed E-state index contributed by atoms with van der Waals surface area (Å²) < 4.78 is 6.80. The lowest BCUT2D eigenvalue weighted by Crippen LogP contribution is -2.25. The van der Waals surface area contributed by atoms with E-state index in [1.165, 1.54) is 16.9 Å². The van der Waals surface area contributed by atoms with E-state index in [2.05, 4.69) is 4.98 Å². The Kier molecular flexibility index (Phi) is 5.82. The summed E-state index contributed by atoms with van der Waals surface area (Å²) in [6.45, 7) is 2.64. The molecule has 0 atom stereocenters. The Morgan fingerprint density at radius 2 is 2.04 bits per heavy atom. The van der Waals surface area contributed by atoms with Gasteiger partial charge in [0.25, 0.3) is 0 Å². The number of benzene rings is 1. The van der Waals surface area contributed by atoms with Crippen LogP contribution in [0.3, 0.4) is 0 Å². The molecule has 0 spiro atoms. The molecular formula is C21H22N2O3S2. The Bertz CT molecular complexity index is 1060. The van der Waals surface area contributed by atoms with Crippen LogP contribution in [0.15, 0.2) is 35.1 Å². The molecule has 0 aliphatic heterocycles. The summed E-state index contributed by atoms with van der Waals surface area (Å²) in [7, 11) is 0. The number of aryl methyl sites for hydroxylation is 2. The molecule has 0 fully saturated rings. The first-order valence-corrected chi connectivity index (χ1v) is 11.3. The third-order valence-electron chi connectivity index (χ3n) is 4.92. The van der Waals surface area contributed by atoms with Crippen LogP contribution in [0.2, 0.25) is 0 Å². The van der Waals surface area contributed by atoms with Crippen molar-refractivity contribution in [3.63, 3.8) is 0 Å². The second kappa shape index (κ2) is 8.49. The molecular weight excluding hydrogens is 392 g/mol. The molecule has 1 aromatic carbocycles. The molecule has 146 valence electrons. The number of rotatable bonds is 5. The number of hydrogen-bond acceptors (Lipinski definition) is 6. The molecule has 0 saturated carbocycles. The molecule has 5 nitrogen and oxygen atoms in total. The van der Waals surface area contributed by atoms with Gasteiger partial charge in [0.1, 0.15) is 4.83 Å². The number of carbonyl (C=O) groups excluding carboxylic acids is 1. The minimum absolute atomic E-state index is 0.255. The summed E-state index contributed by atoms with van der Waals surface area (Å²) >= 11 is 2.79. The number of aromatic nitrogens is 2.